The van der Waals surface area contributed by atoms with E-state index in [9.17, 15) is 18.0 Å². The van der Waals surface area contributed by atoms with Crippen LogP contribution in [-0.2, 0) is 4.79 Å². The summed E-state index contributed by atoms with van der Waals surface area (Å²) in [5.41, 5.74) is 5.28. The van der Waals surface area contributed by atoms with Crippen LogP contribution in [0.4, 0.5) is 13.2 Å². The summed E-state index contributed by atoms with van der Waals surface area (Å²) in [6.45, 7) is 0. The first-order chi connectivity index (χ1) is 10.7. The maximum absolute atomic E-state index is 12.5. The van der Waals surface area contributed by atoms with Gasteiger partial charge in [-0.2, -0.15) is 13.2 Å². The van der Waals surface area contributed by atoms with E-state index in [0.29, 0.717) is 14.7 Å². The summed E-state index contributed by atoms with van der Waals surface area (Å²) < 4.78 is 47.7. The lowest BCUT2D eigenvalue weighted by Crippen LogP contribution is -2.29. The van der Waals surface area contributed by atoms with Crippen LogP contribution in [0, 0.1) is 8.98 Å². The van der Waals surface area contributed by atoms with E-state index >= 15 is 0 Å². The molecule has 0 heterocycles. The smallest absolute Gasteiger partial charge is 0.491 e. The first-order valence-electron chi connectivity index (χ1n) is 6.09. The Labute approximate surface area is 142 Å². The summed E-state index contributed by atoms with van der Waals surface area (Å²) in [6.07, 6.45) is -5.17. The molecule has 0 aromatic heterocycles. The Kier molecular flexibility index (Phi) is 4.68. The van der Waals surface area contributed by atoms with Crippen LogP contribution in [0.15, 0.2) is 24.3 Å². The Morgan fingerprint density at radius 1 is 1.26 bits per heavy atom. The van der Waals surface area contributed by atoms with Crippen LogP contribution in [0.2, 0.25) is 0 Å². The second-order valence-electron chi connectivity index (χ2n) is 4.42. The van der Waals surface area contributed by atoms with Gasteiger partial charge in [-0.15, -0.1) is 0 Å². The van der Waals surface area contributed by atoms with Gasteiger partial charge in [-0.25, -0.2) is 4.79 Å². The van der Waals surface area contributed by atoms with Gasteiger partial charge in [0.05, 0.1) is 16.2 Å². The van der Waals surface area contributed by atoms with E-state index in [1.165, 1.54) is 13.2 Å². The van der Waals surface area contributed by atoms with Crippen LogP contribution < -0.4 is 15.2 Å². The number of hydrogen-bond acceptors (Lipinski definition) is 4. The minimum absolute atomic E-state index is 0.110. The van der Waals surface area contributed by atoms with Crippen molar-refractivity contribution in [3.05, 3.63) is 33.4 Å². The number of alkyl halides is 3. The molecule has 0 saturated heterocycles. The van der Waals surface area contributed by atoms with Crippen molar-refractivity contribution in [3.8, 4) is 11.5 Å². The van der Waals surface area contributed by atoms with Gasteiger partial charge < -0.3 is 15.2 Å². The molecule has 0 amide bonds. The number of carbonyl (C=O) groups excluding carboxylic acids is 1. The van der Waals surface area contributed by atoms with Gasteiger partial charge in [-0.05, 0) is 40.1 Å². The van der Waals surface area contributed by atoms with Gasteiger partial charge in [0.2, 0.25) is 0 Å². The van der Waals surface area contributed by atoms with Crippen LogP contribution in [0.25, 0.3) is 10.8 Å². The Morgan fingerprint density at radius 3 is 2.39 bits per heavy atom. The Morgan fingerprint density at radius 2 is 1.87 bits per heavy atom. The largest absolute Gasteiger partial charge is 0.496 e. The van der Waals surface area contributed by atoms with Crippen molar-refractivity contribution >= 4 is 45.2 Å². The molecule has 2 aromatic rings. The number of fused-ring (bicyclic) bond motifs is 1. The SMILES string of the molecule is COc1ccc2ccc(C(=N)N)c(OC(=O)C(F)(F)F)c2c1I. The highest BCUT2D eigenvalue weighted by Crippen LogP contribution is 2.38. The molecule has 122 valence electrons. The topological polar surface area (TPSA) is 85.4 Å². The summed E-state index contributed by atoms with van der Waals surface area (Å²) >= 11 is 1.86. The number of rotatable bonds is 3. The molecule has 2 rings (SSSR count). The number of halogens is 4. The van der Waals surface area contributed by atoms with Crippen LogP contribution in [0.1, 0.15) is 5.56 Å². The molecule has 0 spiro atoms. The number of hydrogen-bond donors (Lipinski definition) is 2. The van der Waals surface area contributed by atoms with E-state index < -0.39 is 23.7 Å². The average molecular weight is 438 g/mol. The molecule has 0 radical (unpaired) electrons. The minimum Gasteiger partial charge on any atom is -0.496 e. The quantitative estimate of drug-likeness (QED) is 0.254. The second-order valence-corrected chi connectivity index (χ2v) is 5.50. The first kappa shape index (κ1) is 17.3. The van der Waals surface area contributed by atoms with Crippen molar-refractivity contribution in [1.29, 1.82) is 5.41 Å². The number of ether oxygens (including phenoxy) is 2. The molecule has 0 atom stereocenters. The summed E-state index contributed by atoms with van der Waals surface area (Å²) in [7, 11) is 1.40. The summed E-state index contributed by atoms with van der Waals surface area (Å²) in [5.74, 6) is -2.93. The highest BCUT2D eigenvalue weighted by Gasteiger charge is 2.42. The van der Waals surface area contributed by atoms with Gasteiger partial charge in [-0.1, -0.05) is 12.1 Å². The zero-order chi connectivity index (χ0) is 17.4. The number of nitrogens with one attached hydrogen (secondary N) is 1. The molecule has 0 aliphatic rings. The van der Waals surface area contributed by atoms with Gasteiger partial charge in [-0.3, -0.25) is 5.41 Å². The predicted octanol–water partition coefficient (Wildman–Crippen LogP) is 3.20. The van der Waals surface area contributed by atoms with Crippen LogP contribution >= 0.6 is 22.6 Å². The first-order valence-corrected chi connectivity index (χ1v) is 7.17. The molecular weight excluding hydrogens is 428 g/mol. The Bertz CT molecular complexity index is 806. The number of amidine groups is 1. The lowest BCUT2D eigenvalue weighted by molar-refractivity contribution is -0.189. The van der Waals surface area contributed by atoms with Gasteiger partial charge in [0.1, 0.15) is 11.6 Å². The minimum atomic E-state index is -5.17. The van der Waals surface area contributed by atoms with Crippen molar-refractivity contribution < 1.29 is 27.4 Å². The molecule has 23 heavy (non-hydrogen) atoms. The number of methoxy groups -OCH3 is 1. The number of nitrogens with two attached hydrogens (primary N) is 1. The van der Waals surface area contributed by atoms with Gasteiger partial charge in [0.15, 0.2) is 5.75 Å². The molecule has 0 aliphatic heterocycles. The fourth-order valence-corrected chi connectivity index (χ4v) is 2.91. The zero-order valence-corrected chi connectivity index (χ0v) is 13.8. The second kappa shape index (κ2) is 6.22. The summed E-state index contributed by atoms with van der Waals surface area (Å²) in [5, 5.41) is 8.23. The molecule has 3 N–H and O–H groups in total. The monoisotopic (exact) mass is 438 g/mol. The number of esters is 1. The zero-order valence-electron chi connectivity index (χ0n) is 11.6. The summed E-state index contributed by atoms with van der Waals surface area (Å²) in [6, 6.07) is 6.13. The van der Waals surface area contributed by atoms with E-state index in [-0.39, 0.29) is 10.9 Å². The highest BCUT2D eigenvalue weighted by atomic mass is 127. The molecule has 0 fully saturated rings. The van der Waals surface area contributed by atoms with Crippen molar-refractivity contribution in [1.82, 2.24) is 0 Å². The van der Waals surface area contributed by atoms with Gasteiger partial charge in [0.25, 0.3) is 0 Å². The van der Waals surface area contributed by atoms with E-state index in [2.05, 4.69) is 4.74 Å². The molecular formula is C14H10F3IN2O3. The number of nitrogen functional groups attached to an aromatic ring is 1. The third-order valence-corrected chi connectivity index (χ3v) is 4.05. The van der Waals surface area contributed by atoms with Crippen molar-refractivity contribution in [2.45, 2.75) is 6.18 Å². The fourth-order valence-electron chi connectivity index (χ4n) is 1.95. The Balaban J connectivity index is 2.78. The molecule has 5 nitrogen and oxygen atoms in total. The van der Waals surface area contributed by atoms with Crippen LogP contribution in [0.3, 0.4) is 0 Å². The Hall–Kier alpha value is -2.04. The average Bonchev–Trinajstić information content (AvgIpc) is 2.46. The van der Waals surface area contributed by atoms with Gasteiger partial charge >= 0.3 is 12.1 Å². The van der Waals surface area contributed by atoms with E-state index in [1.807, 2.05) is 22.6 Å². The van der Waals surface area contributed by atoms with E-state index in [4.69, 9.17) is 15.9 Å². The van der Waals surface area contributed by atoms with Crippen molar-refractivity contribution in [2.75, 3.05) is 7.11 Å². The number of benzene rings is 2. The number of carbonyl (C=O) groups is 1. The predicted molar refractivity (Wildman–Crippen MR) is 85.9 cm³/mol. The third-order valence-electron chi connectivity index (χ3n) is 2.98. The molecule has 0 saturated carbocycles. The molecule has 0 unspecified atom stereocenters. The van der Waals surface area contributed by atoms with Gasteiger partial charge in [0, 0.05) is 5.39 Å². The third kappa shape index (κ3) is 3.33. The molecule has 0 aliphatic carbocycles. The normalized spacial score (nSPS) is 11.3. The maximum atomic E-state index is 12.5. The van der Waals surface area contributed by atoms with Crippen molar-refractivity contribution in [2.24, 2.45) is 5.73 Å². The van der Waals surface area contributed by atoms with Crippen molar-refractivity contribution in [3.63, 3.8) is 0 Å². The van der Waals surface area contributed by atoms with Crippen LogP contribution in [0.5, 0.6) is 11.5 Å². The van der Waals surface area contributed by atoms with Crippen LogP contribution in [-0.4, -0.2) is 25.1 Å². The molecule has 2 aromatic carbocycles. The standard InChI is InChI=1S/C14H10F3IN2O3/c1-22-8-5-3-6-2-4-7(12(19)20)11(9(6)10(8)18)23-13(21)14(15,16)17/h2-5H,1H3,(H3,19,20). The lowest BCUT2D eigenvalue weighted by Gasteiger charge is -2.15. The lowest BCUT2D eigenvalue weighted by atomic mass is 10.0. The summed E-state index contributed by atoms with van der Waals surface area (Å²) in [4.78, 5) is 11.2. The maximum Gasteiger partial charge on any atom is 0.491 e. The molecule has 9 heteroatoms. The highest BCUT2D eigenvalue weighted by molar-refractivity contribution is 14.1. The van der Waals surface area contributed by atoms with E-state index in [1.54, 1.807) is 18.2 Å². The van der Waals surface area contributed by atoms with E-state index in [0.717, 1.165) is 0 Å². The molecule has 0 bridgehead atoms. The fraction of sp³-hybridized carbons (Fsp3) is 0.143.